The standard InChI is InChI=1S/C49H65ClN4O10/c1-10-38-48(7)43(53(46(59)64-48)25-15-14-18-33-16-12-11-13-17-33)30(3)40(55)29(2)27-47(6,60-9)49(32(5)41(56)31(4)44(58)61-38)39-26-37(42(57)45(62-39)63-49)52(8)28-36-23-24-51-54(36)35-21-19-34(50)20-22-35/h11-13,16-17,19-24,29-32,37-39,42-43,45,57H,10,14-15,18,25-28H2,1-9H3/t29-,30+,31-,32+,37+,38?,39?,42-,43-,45+,47-,48-,49+/m1/s1. The molecule has 4 saturated heterocycles. The van der Waals surface area contributed by atoms with Gasteiger partial charge >= 0.3 is 12.1 Å². The molecule has 1 spiro atoms. The van der Waals surface area contributed by atoms with Crippen molar-refractivity contribution in [2.75, 3.05) is 20.7 Å². The average molecular weight is 906 g/mol. The van der Waals surface area contributed by atoms with Crippen LogP contribution in [-0.4, -0.2) is 123 Å². The van der Waals surface area contributed by atoms with E-state index in [9.17, 15) is 24.3 Å². The van der Waals surface area contributed by atoms with Crippen LogP contribution in [0.15, 0.2) is 66.9 Å². The molecule has 5 heterocycles. The average Bonchev–Trinajstić information content (AvgIpc) is 3.96. The second-order valence-electron chi connectivity index (χ2n) is 18.9. The monoisotopic (exact) mass is 904 g/mol. The number of likely N-dealkylation sites (N-methyl/N-ethyl adjacent to an activating group) is 1. The Morgan fingerprint density at radius 3 is 2.34 bits per heavy atom. The third kappa shape index (κ3) is 8.54. The first-order chi connectivity index (χ1) is 30.4. The van der Waals surface area contributed by atoms with Gasteiger partial charge in [-0.05, 0) is 102 Å². The Hall–Kier alpha value is -4.18. The van der Waals surface area contributed by atoms with E-state index >= 15 is 0 Å². The molecule has 4 fully saturated rings. The van der Waals surface area contributed by atoms with Gasteiger partial charge in [-0.2, -0.15) is 5.10 Å². The number of methoxy groups -OCH3 is 1. The van der Waals surface area contributed by atoms with E-state index < -0.39 is 95.0 Å². The van der Waals surface area contributed by atoms with Crippen molar-refractivity contribution in [3.63, 3.8) is 0 Å². The van der Waals surface area contributed by atoms with Crippen molar-refractivity contribution in [1.82, 2.24) is 19.6 Å². The highest BCUT2D eigenvalue weighted by Crippen LogP contribution is 2.54. The quantitative estimate of drug-likeness (QED) is 0.120. The molecule has 0 radical (unpaired) electrons. The number of aromatic nitrogens is 2. The number of aliphatic hydroxyl groups is 1. The number of hydrogen-bond acceptors (Lipinski definition) is 12. The Balaban J connectivity index is 1.20. The number of nitrogens with zero attached hydrogens (tertiary/aromatic N) is 4. The SMILES string of the molecule is CCC1OC(=O)[C@H](C)C(=O)[C@H](C)[C@@]2(O[C@@H]3OC2C[C@H](N(C)Cc2ccnn2-c2ccc(Cl)cc2)[C@H]3O)[C@](C)(OC)C[C@@H](C)C(=O)[C@H](C)[C@H]2N(CCCCc3ccccc3)C(=O)O[C@]12C. The first-order valence-corrected chi connectivity index (χ1v) is 23.2. The van der Waals surface area contributed by atoms with E-state index in [0.717, 1.165) is 24.2 Å². The van der Waals surface area contributed by atoms with Crippen LogP contribution in [0.2, 0.25) is 5.02 Å². The topological polar surface area (TPSA) is 159 Å². The first-order valence-electron chi connectivity index (χ1n) is 22.8. The summed E-state index contributed by atoms with van der Waals surface area (Å²) in [5.74, 6) is -5.15. The maximum Gasteiger partial charge on any atom is 0.410 e. The molecular weight excluding hydrogens is 840 g/mol. The molecule has 2 unspecified atom stereocenters. The fourth-order valence-electron chi connectivity index (χ4n) is 11.3. The predicted molar refractivity (Wildman–Crippen MR) is 239 cm³/mol. The summed E-state index contributed by atoms with van der Waals surface area (Å²) in [7, 11) is 3.43. The lowest BCUT2D eigenvalue weighted by molar-refractivity contribution is -0.229. The zero-order chi connectivity index (χ0) is 46.3. The predicted octanol–water partition coefficient (Wildman–Crippen LogP) is 6.99. The van der Waals surface area contributed by atoms with Gasteiger partial charge in [0.15, 0.2) is 17.7 Å². The number of halogens is 1. The van der Waals surface area contributed by atoms with Crippen molar-refractivity contribution in [2.45, 2.75) is 147 Å². The van der Waals surface area contributed by atoms with Gasteiger partial charge in [-0.1, -0.05) is 69.6 Å². The second-order valence-corrected chi connectivity index (χ2v) is 19.3. The van der Waals surface area contributed by atoms with E-state index in [1.54, 1.807) is 37.1 Å². The Bertz CT molecular complexity index is 2160. The highest BCUT2D eigenvalue weighted by atomic mass is 35.5. The fraction of sp³-hybridized carbons (Fsp3) is 0.612. The lowest BCUT2D eigenvalue weighted by Gasteiger charge is -2.51. The number of hydrogen-bond donors (Lipinski definition) is 1. The van der Waals surface area contributed by atoms with Crippen LogP contribution in [0.25, 0.3) is 5.69 Å². The number of fused-ring (bicyclic) bond motifs is 4. The molecule has 64 heavy (non-hydrogen) atoms. The molecule has 2 bridgehead atoms. The second kappa shape index (κ2) is 19.0. The van der Waals surface area contributed by atoms with Crippen LogP contribution in [0.1, 0.15) is 91.8 Å². The smallest absolute Gasteiger partial charge is 0.410 e. The van der Waals surface area contributed by atoms with Crippen LogP contribution < -0.4 is 0 Å². The van der Waals surface area contributed by atoms with Gasteiger partial charge in [0.1, 0.15) is 29.5 Å². The third-order valence-corrected chi connectivity index (χ3v) is 15.2. The number of rotatable bonds is 11. The van der Waals surface area contributed by atoms with Crippen LogP contribution >= 0.6 is 11.6 Å². The number of carbonyl (C=O) groups is 4. The van der Waals surface area contributed by atoms with Crippen molar-refractivity contribution in [1.29, 1.82) is 0 Å². The van der Waals surface area contributed by atoms with Gasteiger partial charge in [-0.15, -0.1) is 0 Å². The summed E-state index contributed by atoms with van der Waals surface area (Å²) in [5, 5.41) is 17.2. The molecule has 348 valence electrons. The lowest BCUT2D eigenvalue weighted by atomic mass is 9.64. The summed E-state index contributed by atoms with van der Waals surface area (Å²) in [5.41, 5.74) is -1.46. The number of amides is 1. The number of benzene rings is 2. The molecule has 1 N–H and O–H groups in total. The minimum Gasteiger partial charge on any atom is -0.458 e. The molecule has 0 aliphatic carbocycles. The maximum atomic E-state index is 15.0. The van der Waals surface area contributed by atoms with Gasteiger partial charge < -0.3 is 33.7 Å². The number of esters is 1. The van der Waals surface area contributed by atoms with Crippen molar-refractivity contribution in [3.05, 3.63) is 83.1 Å². The summed E-state index contributed by atoms with van der Waals surface area (Å²) in [4.78, 5) is 61.7. The molecule has 0 saturated carbocycles. The van der Waals surface area contributed by atoms with E-state index in [-0.39, 0.29) is 25.0 Å². The number of ether oxygens (including phenoxy) is 5. The Kier molecular flexibility index (Phi) is 14.2. The number of aliphatic hydroxyl groups excluding tert-OH is 1. The normalized spacial score (nSPS) is 36.0. The summed E-state index contributed by atoms with van der Waals surface area (Å²) < 4.78 is 34.2. The summed E-state index contributed by atoms with van der Waals surface area (Å²) in [6.45, 7) is 13.0. The van der Waals surface area contributed by atoms with E-state index in [1.165, 1.54) is 19.6 Å². The molecule has 2 aromatic carbocycles. The van der Waals surface area contributed by atoms with Crippen molar-refractivity contribution in [3.8, 4) is 5.69 Å². The van der Waals surface area contributed by atoms with Crippen LogP contribution in [0.3, 0.4) is 0 Å². The van der Waals surface area contributed by atoms with Gasteiger partial charge in [0.2, 0.25) is 0 Å². The van der Waals surface area contributed by atoms with Gasteiger partial charge in [-0.25, -0.2) is 9.48 Å². The van der Waals surface area contributed by atoms with Crippen LogP contribution in [-0.2, 0) is 51.0 Å². The zero-order valence-electron chi connectivity index (χ0n) is 38.6. The fourth-order valence-corrected chi connectivity index (χ4v) is 11.5. The Labute approximate surface area is 381 Å². The van der Waals surface area contributed by atoms with E-state index in [0.29, 0.717) is 24.5 Å². The molecule has 13 atom stereocenters. The molecule has 4 aliphatic heterocycles. The van der Waals surface area contributed by atoms with Gasteiger partial charge in [0, 0.05) is 49.3 Å². The van der Waals surface area contributed by atoms with Gasteiger partial charge in [-0.3, -0.25) is 19.3 Å². The van der Waals surface area contributed by atoms with Crippen molar-refractivity contribution < 1.29 is 48.0 Å². The summed E-state index contributed by atoms with van der Waals surface area (Å²) in [6.07, 6.45) is -0.0666. The molecule has 4 aliphatic rings. The highest BCUT2D eigenvalue weighted by molar-refractivity contribution is 6.30. The molecule has 1 aromatic heterocycles. The van der Waals surface area contributed by atoms with E-state index in [1.807, 2.05) is 80.7 Å². The van der Waals surface area contributed by atoms with Gasteiger partial charge in [0.05, 0.1) is 35.0 Å². The first kappa shape index (κ1) is 47.8. The number of ketones is 2. The molecule has 14 nitrogen and oxygen atoms in total. The van der Waals surface area contributed by atoms with Crippen molar-refractivity contribution >= 4 is 35.2 Å². The highest BCUT2D eigenvalue weighted by Gasteiger charge is 2.70. The van der Waals surface area contributed by atoms with Crippen LogP contribution in [0, 0.1) is 23.7 Å². The largest absolute Gasteiger partial charge is 0.458 e. The molecular formula is C49H65ClN4O10. The summed E-state index contributed by atoms with van der Waals surface area (Å²) in [6, 6.07) is 18.1. The number of unbranched alkanes of at least 4 members (excludes halogenated alkanes) is 1. The Morgan fingerprint density at radius 2 is 1.67 bits per heavy atom. The van der Waals surface area contributed by atoms with Crippen LogP contribution in [0.4, 0.5) is 4.79 Å². The van der Waals surface area contributed by atoms with Crippen molar-refractivity contribution in [2.24, 2.45) is 23.7 Å². The summed E-state index contributed by atoms with van der Waals surface area (Å²) >= 11 is 6.17. The maximum absolute atomic E-state index is 15.0. The lowest BCUT2D eigenvalue weighted by Crippen LogP contribution is -2.66. The zero-order valence-corrected chi connectivity index (χ0v) is 39.3. The Morgan fingerprint density at radius 1 is 0.969 bits per heavy atom. The van der Waals surface area contributed by atoms with Crippen LogP contribution in [0.5, 0.6) is 0 Å². The molecule has 15 heteroatoms. The number of aryl methyl sites for hydroxylation is 1. The minimum atomic E-state index is -1.57. The van der Waals surface area contributed by atoms with E-state index in [4.69, 9.17) is 35.3 Å². The number of cyclic esters (lactones) is 1. The van der Waals surface area contributed by atoms with Gasteiger partial charge in [0.25, 0.3) is 0 Å². The molecule has 7 rings (SSSR count). The third-order valence-electron chi connectivity index (χ3n) is 14.9. The van der Waals surface area contributed by atoms with E-state index in [2.05, 4.69) is 17.2 Å². The minimum absolute atomic E-state index is 0.0963. The number of carbonyl (C=O) groups excluding carboxylic acids is 4. The molecule has 1 amide bonds. The molecule has 3 aromatic rings. The number of Topliss-reactive ketones (excluding diaryl/α,β-unsaturated/α-hetero) is 2.